The smallest absolute Gasteiger partial charge is 0.0935 e. The lowest BCUT2D eigenvalue weighted by Crippen LogP contribution is -2.22. The molecule has 5 heteroatoms. The van der Waals surface area contributed by atoms with E-state index in [1.54, 1.807) is 0 Å². The highest BCUT2D eigenvalue weighted by Crippen LogP contribution is 1.96. The summed E-state index contributed by atoms with van der Waals surface area (Å²) in [5.74, 6) is 0. The quantitative estimate of drug-likeness (QED) is 0.293. The number of aliphatic hydroxyl groups excluding tert-OH is 2. The molecule has 2 aliphatic heterocycles. The van der Waals surface area contributed by atoms with Gasteiger partial charge >= 0.3 is 0 Å². The Bertz CT molecular complexity index is 131. The van der Waals surface area contributed by atoms with Crippen molar-refractivity contribution >= 4 is 0 Å². The minimum absolute atomic E-state index is 0.435. The monoisotopic (exact) mass is 189 g/mol. The number of nitrogens with one attached hydrogen (secondary N) is 2. The molecule has 3 unspecified atom stereocenters. The minimum Gasteiger partial charge on any atom is -0.389 e. The van der Waals surface area contributed by atoms with Gasteiger partial charge in [-0.1, -0.05) is 0 Å². The van der Waals surface area contributed by atoms with Crippen molar-refractivity contribution in [2.75, 3.05) is 26.2 Å². The predicted octanol–water partition coefficient (Wildman–Crippen LogP) is -2.38. The van der Waals surface area contributed by atoms with E-state index < -0.39 is 12.2 Å². The van der Waals surface area contributed by atoms with Gasteiger partial charge in [-0.3, -0.25) is 0 Å². The Morgan fingerprint density at radius 2 is 1.62 bits per heavy atom. The zero-order valence-electron chi connectivity index (χ0n) is 7.74. The molecule has 0 aromatic carbocycles. The molecule has 3 atom stereocenters. The second-order valence-corrected chi connectivity index (χ2v) is 3.55. The van der Waals surface area contributed by atoms with E-state index >= 15 is 0 Å². The van der Waals surface area contributed by atoms with Crippen LogP contribution < -0.4 is 16.4 Å². The van der Waals surface area contributed by atoms with Crippen LogP contribution in [0.2, 0.25) is 0 Å². The largest absolute Gasteiger partial charge is 0.389 e. The molecule has 2 aliphatic rings. The van der Waals surface area contributed by atoms with Gasteiger partial charge in [-0.2, -0.15) is 0 Å². The van der Waals surface area contributed by atoms with Crippen LogP contribution >= 0.6 is 0 Å². The van der Waals surface area contributed by atoms with Crippen LogP contribution in [0.3, 0.4) is 0 Å². The zero-order chi connectivity index (χ0) is 9.68. The number of aliphatic hydroxyl groups is 2. The first kappa shape index (κ1) is 10.9. The summed E-state index contributed by atoms with van der Waals surface area (Å²) >= 11 is 0. The second-order valence-electron chi connectivity index (χ2n) is 3.55. The van der Waals surface area contributed by atoms with E-state index in [9.17, 15) is 0 Å². The minimum atomic E-state index is -0.542. The summed E-state index contributed by atoms with van der Waals surface area (Å²) in [5.41, 5.74) is 5.47. The van der Waals surface area contributed by atoms with Crippen molar-refractivity contribution in [2.45, 2.75) is 24.7 Å². The van der Waals surface area contributed by atoms with Crippen molar-refractivity contribution < 1.29 is 10.2 Å². The van der Waals surface area contributed by atoms with Gasteiger partial charge in [0.25, 0.3) is 0 Å². The topological polar surface area (TPSA) is 90.5 Å². The average Bonchev–Trinajstić information content (AvgIpc) is 2.67. The summed E-state index contributed by atoms with van der Waals surface area (Å²) < 4.78 is 0. The molecule has 2 fully saturated rings. The van der Waals surface area contributed by atoms with Crippen molar-refractivity contribution in [3.63, 3.8) is 0 Å². The Hall–Kier alpha value is -0.200. The molecule has 13 heavy (non-hydrogen) atoms. The van der Waals surface area contributed by atoms with Crippen LogP contribution in [0.1, 0.15) is 6.42 Å². The fourth-order valence-corrected chi connectivity index (χ4v) is 1.33. The maximum atomic E-state index is 8.69. The van der Waals surface area contributed by atoms with E-state index in [0.717, 1.165) is 19.5 Å². The van der Waals surface area contributed by atoms with E-state index in [1.807, 2.05) is 0 Å². The van der Waals surface area contributed by atoms with Gasteiger partial charge in [0, 0.05) is 25.7 Å². The zero-order valence-corrected chi connectivity index (χ0v) is 7.74. The number of rotatable bonds is 0. The summed E-state index contributed by atoms with van der Waals surface area (Å²) in [6, 6.07) is 0.435. The molecule has 2 saturated heterocycles. The normalized spacial score (nSPS) is 38.5. The Morgan fingerprint density at radius 3 is 1.77 bits per heavy atom. The third kappa shape index (κ3) is 4.02. The summed E-state index contributed by atoms with van der Waals surface area (Å²) in [6.07, 6.45) is 0.0694. The van der Waals surface area contributed by atoms with Gasteiger partial charge in [-0.05, 0) is 13.0 Å². The summed E-state index contributed by atoms with van der Waals surface area (Å²) in [4.78, 5) is 0. The van der Waals surface area contributed by atoms with Gasteiger partial charge in [-0.25, -0.2) is 0 Å². The van der Waals surface area contributed by atoms with Crippen LogP contribution in [0.15, 0.2) is 0 Å². The molecule has 0 radical (unpaired) electrons. The highest BCUT2D eigenvalue weighted by molar-refractivity contribution is 4.78. The third-order valence-electron chi connectivity index (χ3n) is 2.25. The second kappa shape index (κ2) is 5.51. The van der Waals surface area contributed by atoms with E-state index in [1.165, 1.54) is 0 Å². The van der Waals surface area contributed by atoms with Crippen LogP contribution in [0.25, 0.3) is 0 Å². The first-order valence-electron chi connectivity index (χ1n) is 4.73. The molecule has 6 N–H and O–H groups in total. The van der Waals surface area contributed by atoms with E-state index in [4.69, 9.17) is 15.9 Å². The molecule has 0 aromatic rings. The van der Waals surface area contributed by atoms with Crippen molar-refractivity contribution in [1.82, 2.24) is 10.6 Å². The van der Waals surface area contributed by atoms with Crippen LogP contribution in [0.4, 0.5) is 0 Å². The molecule has 2 rings (SSSR count). The fourth-order valence-electron chi connectivity index (χ4n) is 1.33. The number of nitrogens with two attached hydrogens (primary N) is 1. The van der Waals surface area contributed by atoms with E-state index in [-0.39, 0.29) is 0 Å². The van der Waals surface area contributed by atoms with Crippen LogP contribution in [0.5, 0.6) is 0 Å². The highest BCUT2D eigenvalue weighted by Gasteiger charge is 2.21. The summed E-state index contributed by atoms with van der Waals surface area (Å²) in [7, 11) is 0. The fraction of sp³-hybridized carbons (Fsp3) is 1.00. The molecule has 0 bridgehead atoms. The van der Waals surface area contributed by atoms with Crippen molar-refractivity contribution in [3.05, 3.63) is 0 Å². The molecule has 2 heterocycles. The Labute approximate surface area is 78.3 Å². The van der Waals surface area contributed by atoms with Crippen molar-refractivity contribution in [1.29, 1.82) is 0 Å². The van der Waals surface area contributed by atoms with Crippen LogP contribution in [-0.2, 0) is 0 Å². The molecule has 78 valence electrons. The van der Waals surface area contributed by atoms with Crippen LogP contribution in [-0.4, -0.2) is 54.6 Å². The van der Waals surface area contributed by atoms with Gasteiger partial charge in [0.05, 0.1) is 12.2 Å². The number of β-amino-alcohol motifs (C(OH)–C–C–N with tert-alkyl or cyclic N) is 2. The first-order valence-corrected chi connectivity index (χ1v) is 4.73. The molecular formula is C8H19N3O2. The number of hydrogen-bond donors (Lipinski definition) is 5. The van der Waals surface area contributed by atoms with Gasteiger partial charge in [0.15, 0.2) is 0 Å². The Balaban J connectivity index is 0.000000132. The lowest BCUT2D eigenvalue weighted by atomic mass is 10.3. The van der Waals surface area contributed by atoms with Crippen LogP contribution in [0, 0.1) is 0 Å². The molecule has 0 aromatic heterocycles. The maximum absolute atomic E-state index is 8.69. The Kier molecular flexibility index (Phi) is 4.61. The lowest BCUT2D eigenvalue weighted by Gasteiger charge is -2.01. The summed E-state index contributed by atoms with van der Waals surface area (Å²) in [6.45, 7) is 3.18. The van der Waals surface area contributed by atoms with Crippen molar-refractivity contribution in [3.8, 4) is 0 Å². The lowest BCUT2D eigenvalue weighted by molar-refractivity contribution is 0.0572. The van der Waals surface area contributed by atoms with Gasteiger partial charge in [0.1, 0.15) is 0 Å². The van der Waals surface area contributed by atoms with Gasteiger partial charge < -0.3 is 26.6 Å². The standard InChI is InChI=1S/C4H10N2.C4H9NO2/c5-4-1-2-6-3-4;6-3-1-5-2-4(3)7/h4,6H,1-3,5H2;3-7H,1-2H2. The van der Waals surface area contributed by atoms with Gasteiger partial charge in [0.2, 0.25) is 0 Å². The van der Waals surface area contributed by atoms with Crippen molar-refractivity contribution in [2.24, 2.45) is 5.73 Å². The maximum Gasteiger partial charge on any atom is 0.0935 e. The molecule has 0 amide bonds. The molecular weight excluding hydrogens is 170 g/mol. The Morgan fingerprint density at radius 1 is 1.00 bits per heavy atom. The van der Waals surface area contributed by atoms with Gasteiger partial charge in [-0.15, -0.1) is 0 Å². The third-order valence-corrected chi connectivity index (χ3v) is 2.25. The SMILES string of the molecule is NC1CCNC1.OC1CNCC1O. The van der Waals surface area contributed by atoms with E-state index in [0.29, 0.717) is 19.1 Å². The van der Waals surface area contributed by atoms with E-state index in [2.05, 4.69) is 10.6 Å². The molecule has 5 nitrogen and oxygen atoms in total. The molecule has 0 spiro atoms. The first-order chi connectivity index (χ1) is 6.20. The summed E-state index contributed by atoms with van der Waals surface area (Å²) in [5, 5.41) is 23.3. The highest BCUT2D eigenvalue weighted by atomic mass is 16.3. The molecule has 0 saturated carbocycles. The average molecular weight is 189 g/mol. The molecule has 0 aliphatic carbocycles. The number of hydrogen-bond acceptors (Lipinski definition) is 5. The predicted molar refractivity (Wildman–Crippen MR) is 50.3 cm³/mol.